The zero-order valence-electron chi connectivity index (χ0n) is 9.71. The molecule has 1 aliphatic rings. The average Bonchev–Trinajstić information content (AvgIpc) is 2.99. The second-order valence-electron chi connectivity index (χ2n) is 4.63. The first-order chi connectivity index (χ1) is 8.25. The summed E-state index contributed by atoms with van der Waals surface area (Å²) in [6.07, 6.45) is 1.09. The molecule has 0 amide bonds. The van der Waals surface area contributed by atoms with Gasteiger partial charge >= 0.3 is 0 Å². The molecule has 1 saturated carbocycles. The first kappa shape index (κ1) is 10.5. The van der Waals surface area contributed by atoms with Crippen LogP contribution in [0, 0.1) is 0 Å². The molecular formula is C13H15N3O. The Balaban J connectivity index is 1.76. The molecule has 1 aromatic carbocycles. The third-order valence-corrected chi connectivity index (χ3v) is 3.18. The van der Waals surface area contributed by atoms with Gasteiger partial charge in [0.05, 0.1) is 6.04 Å². The molecule has 88 valence electrons. The van der Waals surface area contributed by atoms with Crippen molar-refractivity contribution in [2.75, 3.05) is 0 Å². The van der Waals surface area contributed by atoms with Crippen LogP contribution in [0.1, 0.15) is 48.6 Å². The highest BCUT2D eigenvalue weighted by Crippen LogP contribution is 2.54. The third-order valence-electron chi connectivity index (χ3n) is 3.18. The fraction of sp³-hybridized carbons (Fsp3) is 0.385. The summed E-state index contributed by atoms with van der Waals surface area (Å²) >= 11 is 0. The zero-order chi connectivity index (χ0) is 11.8. The summed E-state index contributed by atoms with van der Waals surface area (Å²) in [7, 11) is 0. The van der Waals surface area contributed by atoms with Crippen molar-refractivity contribution in [2.24, 2.45) is 5.73 Å². The monoisotopic (exact) mass is 229 g/mol. The number of nitrogens with two attached hydrogens (primary N) is 1. The lowest BCUT2D eigenvalue weighted by Gasteiger charge is -1.97. The van der Waals surface area contributed by atoms with Gasteiger partial charge in [0.25, 0.3) is 0 Å². The molecule has 4 nitrogen and oxygen atoms in total. The van der Waals surface area contributed by atoms with Crippen LogP contribution in [0.4, 0.5) is 0 Å². The summed E-state index contributed by atoms with van der Waals surface area (Å²) in [5.74, 6) is 2.15. The van der Waals surface area contributed by atoms with E-state index in [2.05, 4.69) is 34.5 Å². The number of hydrogen-bond acceptors (Lipinski definition) is 4. The van der Waals surface area contributed by atoms with E-state index in [9.17, 15) is 0 Å². The first-order valence-corrected chi connectivity index (χ1v) is 5.89. The van der Waals surface area contributed by atoms with Crippen molar-refractivity contribution in [3.05, 3.63) is 47.7 Å². The highest BCUT2D eigenvalue weighted by atomic mass is 16.4. The van der Waals surface area contributed by atoms with E-state index in [-0.39, 0.29) is 6.04 Å². The third kappa shape index (κ3) is 1.96. The van der Waals surface area contributed by atoms with Gasteiger partial charge in [-0.3, -0.25) is 0 Å². The quantitative estimate of drug-likeness (QED) is 0.877. The minimum absolute atomic E-state index is 0.190. The lowest BCUT2D eigenvalue weighted by atomic mass is 10.1. The Morgan fingerprint density at radius 1 is 1.24 bits per heavy atom. The van der Waals surface area contributed by atoms with Gasteiger partial charge < -0.3 is 10.2 Å². The number of nitrogens with zero attached hydrogens (tertiary/aromatic N) is 2. The van der Waals surface area contributed by atoms with Crippen LogP contribution in [0.25, 0.3) is 0 Å². The summed E-state index contributed by atoms with van der Waals surface area (Å²) < 4.78 is 5.57. The Hall–Kier alpha value is -1.68. The predicted molar refractivity (Wildman–Crippen MR) is 63.4 cm³/mol. The Morgan fingerprint density at radius 3 is 2.65 bits per heavy atom. The van der Waals surface area contributed by atoms with Crippen molar-refractivity contribution in [2.45, 2.75) is 31.2 Å². The molecule has 0 aliphatic heterocycles. The van der Waals surface area contributed by atoms with Gasteiger partial charge in [-0.2, -0.15) is 0 Å². The van der Waals surface area contributed by atoms with Crippen LogP contribution in [0.3, 0.4) is 0 Å². The number of aromatic nitrogens is 2. The van der Waals surface area contributed by atoms with Crippen molar-refractivity contribution in [1.29, 1.82) is 0 Å². The second-order valence-corrected chi connectivity index (χ2v) is 4.63. The molecule has 1 fully saturated rings. The largest absolute Gasteiger partial charge is 0.423 e. The van der Waals surface area contributed by atoms with E-state index in [4.69, 9.17) is 10.2 Å². The van der Waals surface area contributed by atoms with Crippen molar-refractivity contribution in [1.82, 2.24) is 10.2 Å². The molecule has 1 aliphatic carbocycles. The highest BCUT2D eigenvalue weighted by Gasteiger charge is 2.43. The Kier molecular flexibility index (Phi) is 2.44. The van der Waals surface area contributed by atoms with E-state index in [0.29, 0.717) is 17.7 Å². The van der Waals surface area contributed by atoms with Crippen molar-refractivity contribution in [3.8, 4) is 0 Å². The molecule has 0 spiro atoms. The normalized spacial score (nSPS) is 24.6. The lowest BCUT2D eigenvalue weighted by Crippen LogP contribution is -2.04. The summed E-state index contributed by atoms with van der Waals surface area (Å²) in [6.45, 7) is 1.85. The van der Waals surface area contributed by atoms with E-state index in [1.165, 1.54) is 5.56 Å². The molecule has 17 heavy (non-hydrogen) atoms. The summed E-state index contributed by atoms with van der Waals surface area (Å²) in [4.78, 5) is 0. The van der Waals surface area contributed by atoms with Gasteiger partial charge in [0.15, 0.2) is 0 Å². The van der Waals surface area contributed by atoms with Crippen LogP contribution in [0.2, 0.25) is 0 Å². The van der Waals surface area contributed by atoms with Gasteiger partial charge in [-0.25, -0.2) is 0 Å². The minimum atomic E-state index is -0.190. The molecule has 1 heterocycles. The van der Waals surface area contributed by atoms with Crippen LogP contribution in [-0.2, 0) is 0 Å². The smallest absolute Gasteiger partial charge is 0.232 e. The van der Waals surface area contributed by atoms with Gasteiger partial charge in [0, 0.05) is 5.92 Å². The van der Waals surface area contributed by atoms with Gasteiger partial charge in [-0.15, -0.1) is 10.2 Å². The van der Waals surface area contributed by atoms with Gasteiger partial charge in [0.2, 0.25) is 11.8 Å². The first-order valence-electron chi connectivity index (χ1n) is 5.89. The maximum atomic E-state index is 5.70. The number of hydrogen-bond donors (Lipinski definition) is 1. The predicted octanol–water partition coefficient (Wildman–Crippen LogP) is 2.36. The van der Waals surface area contributed by atoms with Crippen molar-refractivity contribution >= 4 is 0 Å². The molecule has 4 heteroatoms. The molecule has 0 radical (unpaired) electrons. The van der Waals surface area contributed by atoms with E-state index in [1.54, 1.807) is 0 Å². The van der Waals surface area contributed by atoms with Gasteiger partial charge in [-0.1, -0.05) is 30.3 Å². The SMILES string of the molecule is CC(N)c1nnc(C2CC2c2ccccc2)o1. The van der Waals surface area contributed by atoms with E-state index in [1.807, 2.05) is 13.0 Å². The standard InChI is InChI=1S/C13H15N3O/c1-8(14)12-15-16-13(17-12)11-7-10(11)9-5-3-2-4-6-9/h2-6,8,10-11H,7,14H2,1H3. The Bertz CT molecular complexity index is 506. The molecule has 3 rings (SSSR count). The zero-order valence-corrected chi connectivity index (χ0v) is 9.71. The van der Waals surface area contributed by atoms with E-state index in [0.717, 1.165) is 12.3 Å². The summed E-state index contributed by atoms with van der Waals surface area (Å²) in [5, 5.41) is 8.04. The van der Waals surface area contributed by atoms with Crippen LogP contribution >= 0.6 is 0 Å². The van der Waals surface area contributed by atoms with E-state index < -0.39 is 0 Å². The van der Waals surface area contributed by atoms with Crippen LogP contribution in [0.5, 0.6) is 0 Å². The maximum Gasteiger partial charge on any atom is 0.232 e. The maximum absolute atomic E-state index is 5.70. The number of benzene rings is 1. The fourth-order valence-corrected chi connectivity index (χ4v) is 2.12. The topological polar surface area (TPSA) is 64.9 Å². The minimum Gasteiger partial charge on any atom is -0.423 e. The van der Waals surface area contributed by atoms with Crippen molar-refractivity contribution < 1.29 is 4.42 Å². The second kappa shape index (κ2) is 3.96. The molecule has 2 aromatic rings. The van der Waals surface area contributed by atoms with E-state index >= 15 is 0 Å². The van der Waals surface area contributed by atoms with Crippen LogP contribution in [-0.4, -0.2) is 10.2 Å². The fourth-order valence-electron chi connectivity index (χ4n) is 2.12. The van der Waals surface area contributed by atoms with Gasteiger partial charge in [-0.05, 0) is 24.8 Å². The molecule has 1 aromatic heterocycles. The highest BCUT2D eigenvalue weighted by molar-refractivity contribution is 5.30. The van der Waals surface area contributed by atoms with Crippen LogP contribution in [0.15, 0.2) is 34.7 Å². The molecule has 3 unspecified atom stereocenters. The lowest BCUT2D eigenvalue weighted by molar-refractivity contribution is 0.426. The summed E-state index contributed by atoms with van der Waals surface area (Å²) in [6, 6.07) is 10.3. The Labute approximate surface area is 99.8 Å². The molecule has 2 N–H and O–H groups in total. The van der Waals surface area contributed by atoms with Crippen LogP contribution < -0.4 is 5.73 Å². The number of rotatable bonds is 3. The Morgan fingerprint density at radius 2 is 2.00 bits per heavy atom. The average molecular weight is 229 g/mol. The molecule has 0 bridgehead atoms. The summed E-state index contributed by atoms with van der Waals surface area (Å²) in [5.41, 5.74) is 7.04. The van der Waals surface area contributed by atoms with Gasteiger partial charge in [0.1, 0.15) is 0 Å². The molecule has 0 saturated heterocycles. The molecular weight excluding hydrogens is 214 g/mol. The molecule has 3 atom stereocenters. The van der Waals surface area contributed by atoms with Crippen molar-refractivity contribution in [3.63, 3.8) is 0 Å².